The smallest absolute Gasteiger partial charge is 0.334 e. The average Bonchev–Trinajstić information content (AvgIpc) is 2.44. The summed E-state index contributed by atoms with van der Waals surface area (Å²) in [5.74, 6) is -0.139. The second-order valence-corrected chi connectivity index (χ2v) is 5.62. The Balaban J connectivity index is 2.83. The van der Waals surface area contributed by atoms with Crippen molar-refractivity contribution in [2.45, 2.75) is 26.3 Å². The number of hydrogen-bond donors (Lipinski definition) is 2. The van der Waals surface area contributed by atoms with E-state index in [9.17, 15) is 14.4 Å². The number of amides is 2. The van der Waals surface area contributed by atoms with Crippen molar-refractivity contribution >= 4 is 35.2 Å². The van der Waals surface area contributed by atoms with Crippen LogP contribution in [-0.4, -0.2) is 35.8 Å². The van der Waals surface area contributed by atoms with Crippen molar-refractivity contribution in [2.24, 2.45) is 0 Å². The van der Waals surface area contributed by atoms with E-state index in [2.05, 4.69) is 10.6 Å². The van der Waals surface area contributed by atoms with Gasteiger partial charge in [0.1, 0.15) is 6.04 Å². The van der Waals surface area contributed by atoms with Crippen LogP contribution in [0.5, 0.6) is 5.75 Å². The van der Waals surface area contributed by atoms with Gasteiger partial charge in [-0.25, -0.2) is 4.79 Å². The molecular formula is C15H20N2O4S. The van der Waals surface area contributed by atoms with Crippen molar-refractivity contribution in [2.75, 3.05) is 17.3 Å². The topological polar surface area (TPSA) is 84.5 Å². The molecule has 2 amide bonds. The lowest BCUT2D eigenvalue weighted by molar-refractivity contribution is -0.139. The number of para-hydroxylation sites is 2. The Hall–Kier alpha value is -2.02. The maximum atomic E-state index is 12.2. The van der Waals surface area contributed by atoms with Gasteiger partial charge in [0.25, 0.3) is 0 Å². The van der Waals surface area contributed by atoms with E-state index < -0.39 is 12.0 Å². The summed E-state index contributed by atoms with van der Waals surface area (Å²) in [5, 5.41) is 5.17. The zero-order valence-electron chi connectivity index (χ0n) is 12.8. The summed E-state index contributed by atoms with van der Waals surface area (Å²) in [5.41, 5.74) is 0.412. The van der Waals surface area contributed by atoms with E-state index >= 15 is 0 Å². The van der Waals surface area contributed by atoms with Gasteiger partial charge in [-0.05, 0) is 30.6 Å². The Morgan fingerprint density at radius 3 is 2.45 bits per heavy atom. The van der Waals surface area contributed by atoms with Crippen LogP contribution in [0.25, 0.3) is 0 Å². The summed E-state index contributed by atoms with van der Waals surface area (Å²) in [6.07, 6.45) is 2.39. The van der Waals surface area contributed by atoms with E-state index in [0.29, 0.717) is 17.9 Å². The molecule has 6 nitrogen and oxygen atoms in total. The summed E-state index contributed by atoms with van der Waals surface area (Å²) in [7, 11) is 0. The molecule has 0 spiro atoms. The van der Waals surface area contributed by atoms with Gasteiger partial charge in [0, 0.05) is 13.8 Å². The van der Waals surface area contributed by atoms with E-state index in [1.54, 1.807) is 36.0 Å². The van der Waals surface area contributed by atoms with Gasteiger partial charge in [-0.2, -0.15) is 11.8 Å². The van der Waals surface area contributed by atoms with Gasteiger partial charge in [0.2, 0.25) is 11.8 Å². The molecule has 22 heavy (non-hydrogen) atoms. The summed E-state index contributed by atoms with van der Waals surface area (Å²) in [6, 6.07) is 5.93. The van der Waals surface area contributed by atoms with Gasteiger partial charge >= 0.3 is 5.97 Å². The molecule has 0 aliphatic carbocycles. The Kier molecular flexibility index (Phi) is 7.45. The number of carbonyl (C=O) groups excluding carboxylic acids is 3. The van der Waals surface area contributed by atoms with E-state index in [1.165, 1.54) is 13.8 Å². The highest BCUT2D eigenvalue weighted by atomic mass is 32.2. The highest BCUT2D eigenvalue weighted by Crippen LogP contribution is 2.24. The molecule has 1 rings (SSSR count). The Morgan fingerprint density at radius 2 is 1.86 bits per heavy atom. The number of carbonyl (C=O) groups is 3. The average molecular weight is 324 g/mol. The first-order chi connectivity index (χ1) is 10.4. The fourth-order valence-corrected chi connectivity index (χ4v) is 2.23. The van der Waals surface area contributed by atoms with E-state index in [-0.39, 0.29) is 17.6 Å². The van der Waals surface area contributed by atoms with Gasteiger partial charge < -0.3 is 15.4 Å². The lowest BCUT2D eigenvalue weighted by Gasteiger charge is -2.17. The number of benzene rings is 1. The Bertz CT molecular complexity index is 548. The zero-order chi connectivity index (χ0) is 16.5. The third-order valence-corrected chi connectivity index (χ3v) is 3.32. The Morgan fingerprint density at radius 1 is 1.18 bits per heavy atom. The molecule has 0 saturated carbocycles. The van der Waals surface area contributed by atoms with Gasteiger partial charge in [0.15, 0.2) is 5.75 Å². The molecule has 0 aromatic heterocycles. The van der Waals surface area contributed by atoms with Gasteiger partial charge in [-0.15, -0.1) is 0 Å². The summed E-state index contributed by atoms with van der Waals surface area (Å²) in [6.45, 7) is 2.72. The number of anilines is 1. The predicted octanol–water partition coefficient (Wildman–Crippen LogP) is 1.81. The zero-order valence-corrected chi connectivity index (χ0v) is 13.7. The van der Waals surface area contributed by atoms with Crippen molar-refractivity contribution in [1.82, 2.24) is 5.32 Å². The SMILES string of the molecule is CSCCC(NC(C)=O)C(=O)Oc1ccccc1NC(C)=O. The molecule has 0 fully saturated rings. The molecule has 1 atom stereocenters. The summed E-state index contributed by atoms with van der Waals surface area (Å²) in [4.78, 5) is 34.6. The maximum absolute atomic E-state index is 12.2. The van der Waals surface area contributed by atoms with Crippen LogP contribution in [0.2, 0.25) is 0 Å². The molecule has 0 heterocycles. The molecule has 0 saturated heterocycles. The molecule has 120 valence electrons. The van der Waals surface area contributed by atoms with E-state index in [1.807, 2.05) is 6.26 Å². The minimum Gasteiger partial charge on any atom is -0.423 e. The number of thioether (sulfide) groups is 1. The first-order valence-corrected chi connectivity index (χ1v) is 8.17. The molecule has 7 heteroatoms. The van der Waals surface area contributed by atoms with Crippen LogP contribution in [0, 0.1) is 0 Å². The number of nitrogens with one attached hydrogen (secondary N) is 2. The molecule has 1 unspecified atom stereocenters. The quantitative estimate of drug-likeness (QED) is 0.590. The molecule has 2 N–H and O–H groups in total. The highest BCUT2D eigenvalue weighted by Gasteiger charge is 2.22. The molecule has 1 aromatic carbocycles. The van der Waals surface area contributed by atoms with Crippen LogP contribution in [0.3, 0.4) is 0 Å². The second kappa shape index (κ2) is 9.09. The number of ether oxygens (including phenoxy) is 1. The Labute approximate surface area is 134 Å². The van der Waals surface area contributed by atoms with Crippen molar-refractivity contribution in [1.29, 1.82) is 0 Å². The second-order valence-electron chi connectivity index (χ2n) is 4.63. The molecule has 1 aromatic rings. The van der Waals surface area contributed by atoms with Crippen molar-refractivity contribution < 1.29 is 19.1 Å². The molecule has 0 aliphatic heterocycles. The van der Waals surface area contributed by atoms with Gasteiger partial charge in [-0.1, -0.05) is 12.1 Å². The van der Waals surface area contributed by atoms with Crippen LogP contribution in [-0.2, 0) is 14.4 Å². The predicted molar refractivity (Wildman–Crippen MR) is 87.0 cm³/mol. The largest absolute Gasteiger partial charge is 0.423 e. The minimum atomic E-state index is -0.713. The number of hydrogen-bond acceptors (Lipinski definition) is 5. The van der Waals surface area contributed by atoms with Gasteiger partial charge in [0.05, 0.1) is 5.69 Å². The third-order valence-electron chi connectivity index (χ3n) is 2.68. The lowest BCUT2D eigenvalue weighted by Crippen LogP contribution is -2.42. The molecule has 0 bridgehead atoms. The number of esters is 1. The van der Waals surface area contributed by atoms with Crippen LogP contribution < -0.4 is 15.4 Å². The fourth-order valence-electron chi connectivity index (χ4n) is 1.76. The molecular weight excluding hydrogens is 304 g/mol. The van der Waals surface area contributed by atoms with E-state index in [0.717, 1.165) is 0 Å². The van der Waals surface area contributed by atoms with E-state index in [4.69, 9.17) is 4.74 Å². The highest BCUT2D eigenvalue weighted by molar-refractivity contribution is 7.98. The summed E-state index contributed by atoms with van der Waals surface area (Å²) >= 11 is 1.58. The minimum absolute atomic E-state index is 0.252. The standard InChI is InChI=1S/C15H20N2O4S/c1-10(18)16-12-6-4-5-7-14(12)21-15(20)13(8-9-22-3)17-11(2)19/h4-7,13H,8-9H2,1-3H3,(H,16,18)(H,17,19). The summed E-state index contributed by atoms with van der Waals surface area (Å²) < 4.78 is 5.33. The van der Waals surface area contributed by atoms with Crippen LogP contribution in [0.1, 0.15) is 20.3 Å². The lowest BCUT2D eigenvalue weighted by atomic mass is 10.2. The fraction of sp³-hybridized carbons (Fsp3) is 0.400. The molecule has 0 aliphatic rings. The van der Waals surface area contributed by atoms with Crippen molar-refractivity contribution in [3.05, 3.63) is 24.3 Å². The third kappa shape index (κ3) is 6.17. The van der Waals surface area contributed by atoms with Crippen LogP contribution >= 0.6 is 11.8 Å². The van der Waals surface area contributed by atoms with Crippen molar-refractivity contribution in [3.8, 4) is 5.75 Å². The maximum Gasteiger partial charge on any atom is 0.334 e. The van der Waals surface area contributed by atoms with Gasteiger partial charge in [-0.3, -0.25) is 9.59 Å². The van der Waals surface area contributed by atoms with Crippen LogP contribution in [0.15, 0.2) is 24.3 Å². The first kappa shape index (κ1) is 18.0. The monoisotopic (exact) mass is 324 g/mol. The number of rotatable bonds is 7. The normalized spacial score (nSPS) is 11.4. The molecule has 0 radical (unpaired) electrons. The van der Waals surface area contributed by atoms with Crippen LogP contribution in [0.4, 0.5) is 5.69 Å². The van der Waals surface area contributed by atoms with Crippen molar-refractivity contribution in [3.63, 3.8) is 0 Å². The first-order valence-electron chi connectivity index (χ1n) is 6.78.